The highest BCUT2D eigenvalue weighted by Gasteiger charge is 2.15. The van der Waals surface area contributed by atoms with E-state index in [0.29, 0.717) is 6.04 Å². The first-order valence-corrected chi connectivity index (χ1v) is 5.77. The van der Waals surface area contributed by atoms with Crippen LogP contribution in [0.3, 0.4) is 0 Å². The molecule has 0 unspecified atom stereocenters. The van der Waals surface area contributed by atoms with Crippen LogP contribution in [0.4, 0.5) is 0 Å². The number of amidine groups is 1. The Morgan fingerprint density at radius 2 is 2.36 bits per heavy atom. The lowest BCUT2D eigenvalue weighted by Crippen LogP contribution is -2.32. The van der Waals surface area contributed by atoms with Crippen LogP contribution < -0.4 is 11.3 Å². The van der Waals surface area contributed by atoms with Gasteiger partial charge in [0, 0.05) is 5.38 Å². The van der Waals surface area contributed by atoms with Crippen molar-refractivity contribution in [2.75, 3.05) is 0 Å². The molecule has 0 saturated heterocycles. The van der Waals surface area contributed by atoms with Gasteiger partial charge in [-0.2, -0.15) is 0 Å². The smallest absolute Gasteiger partial charge is 0.162 e. The molecule has 0 bridgehead atoms. The molecule has 2 rings (SSSR count). The highest BCUT2D eigenvalue weighted by Crippen LogP contribution is 2.21. The second kappa shape index (κ2) is 4.52. The zero-order chi connectivity index (χ0) is 9.80. The lowest BCUT2D eigenvalue weighted by molar-refractivity contribution is 0.700. The molecule has 0 spiro atoms. The summed E-state index contributed by atoms with van der Waals surface area (Å²) in [5.41, 5.74) is 5.27. The van der Waals surface area contributed by atoms with E-state index < -0.39 is 0 Å². The summed E-state index contributed by atoms with van der Waals surface area (Å²) in [6, 6.07) is 0.433. The van der Waals surface area contributed by atoms with Crippen LogP contribution in [0, 0.1) is 0 Å². The molecule has 0 amide bonds. The summed E-state index contributed by atoms with van der Waals surface area (Å²) >= 11 is 1.55. The van der Waals surface area contributed by atoms with Crippen molar-refractivity contribution in [3.05, 3.63) is 16.6 Å². The van der Waals surface area contributed by atoms with Gasteiger partial charge in [0.15, 0.2) is 5.84 Å². The Morgan fingerprint density at radius 1 is 1.57 bits per heavy atom. The van der Waals surface area contributed by atoms with Gasteiger partial charge < -0.3 is 5.43 Å². The number of nitrogens with one attached hydrogen (secondary N) is 1. The second-order valence-corrected chi connectivity index (χ2v) is 4.15. The van der Waals surface area contributed by atoms with E-state index in [4.69, 9.17) is 5.84 Å². The van der Waals surface area contributed by atoms with E-state index in [1.54, 1.807) is 16.8 Å². The molecule has 3 N–H and O–H groups in total. The summed E-state index contributed by atoms with van der Waals surface area (Å²) in [7, 11) is 0. The number of aromatic nitrogens is 1. The molecule has 0 atom stereocenters. The fourth-order valence-electron chi connectivity index (χ4n) is 1.72. The van der Waals surface area contributed by atoms with Crippen LogP contribution in [0.1, 0.15) is 31.4 Å². The largest absolute Gasteiger partial charge is 0.307 e. The third kappa shape index (κ3) is 2.10. The van der Waals surface area contributed by atoms with Gasteiger partial charge in [-0.05, 0) is 12.8 Å². The maximum atomic E-state index is 5.43. The van der Waals surface area contributed by atoms with E-state index in [2.05, 4.69) is 15.4 Å². The van der Waals surface area contributed by atoms with E-state index in [9.17, 15) is 0 Å². The van der Waals surface area contributed by atoms with Gasteiger partial charge >= 0.3 is 0 Å². The Kier molecular flexibility index (Phi) is 3.10. The topological polar surface area (TPSA) is 63.3 Å². The molecule has 1 aliphatic carbocycles. The first kappa shape index (κ1) is 9.61. The molecule has 0 aliphatic heterocycles. The standard InChI is InChI=1S/C9H14N4S/c10-13-9(8-5-14-6-11-8)12-7-3-1-2-4-7/h5-7H,1-4,10H2,(H,12,13). The first-order chi connectivity index (χ1) is 6.90. The second-order valence-electron chi connectivity index (χ2n) is 3.43. The highest BCUT2D eigenvalue weighted by molar-refractivity contribution is 7.07. The van der Waals surface area contributed by atoms with Crippen molar-refractivity contribution in [2.24, 2.45) is 10.8 Å². The van der Waals surface area contributed by atoms with Crippen molar-refractivity contribution in [1.29, 1.82) is 0 Å². The number of hydrogen-bond acceptors (Lipinski definition) is 4. The number of hydrazine groups is 1. The summed E-state index contributed by atoms with van der Waals surface area (Å²) in [5, 5.41) is 1.95. The van der Waals surface area contributed by atoms with Crippen LogP contribution in [0.5, 0.6) is 0 Å². The Balaban J connectivity index is 2.12. The van der Waals surface area contributed by atoms with E-state index in [-0.39, 0.29) is 0 Å². The van der Waals surface area contributed by atoms with Crippen LogP contribution >= 0.6 is 11.3 Å². The van der Waals surface area contributed by atoms with E-state index in [0.717, 1.165) is 11.5 Å². The van der Waals surface area contributed by atoms with Gasteiger partial charge in [0.25, 0.3) is 0 Å². The molecular formula is C9H14N4S. The molecule has 1 fully saturated rings. The molecule has 0 aromatic carbocycles. The van der Waals surface area contributed by atoms with E-state index >= 15 is 0 Å². The molecule has 1 aromatic heterocycles. The Hall–Kier alpha value is -0.940. The molecule has 5 heteroatoms. The maximum absolute atomic E-state index is 5.43. The van der Waals surface area contributed by atoms with Crippen molar-refractivity contribution in [2.45, 2.75) is 31.7 Å². The van der Waals surface area contributed by atoms with Gasteiger partial charge in [0.1, 0.15) is 5.69 Å². The zero-order valence-corrected chi connectivity index (χ0v) is 8.76. The molecule has 4 nitrogen and oxygen atoms in total. The van der Waals surface area contributed by atoms with Crippen molar-refractivity contribution in [3.63, 3.8) is 0 Å². The predicted octanol–water partition coefficient (Wildman–Crippen LogP) is 1.30. The summed E-state index contributed by atoms with van der Waals surface area (Å²) in [4.78, 5) is 8.74. The van der Waals surface area contributed by atoms with Gasteiger partial charge in [-0.25, -0.2) is 10.8 Å². The third-order valence-electron chi connectivity index (χ3n) is 2.45. The number of aliphatic imine (C=N–C) groups is 1. The highest BCUT2D eigenvalue weighted by atomic mass is 32.1. The van der Waals surface area contributed by atoms with E-state index in [1.807, 2.05) is 5.38 Å². The van der Waals surface area contributed by atoms with Gasteiger partial charge in [-0.1, -0.05) is 12.8 Å². The molecule has 1 aromatic rings. The molecule has 76 valence electrons. The summed E-state index contributed by atoms with van der Waals surface area (Å²) in [5.74, 6) is 6.15. The van der Waals surface area contributed by atoms with Gasteiger partial charge in [-0.15, -0.1) is 11.3 Å². The molecule has 1 aliphatic rings. The zero-order valence-electron chi connectivity index (χ0n) is 7.94. The lowest BCUT2D eigenvalue weighted by Gasteiger charge is -2.06. The SMILES string of the molecule is NNC(=NC1CCCC1)c1cscn1. The van der Waals surface area contributed by atoms with Crippen molar-refractivity contribution >= 4 is 17.2 Å². The minimum atomic E-state index is 0.433. The molecule has 1 heterocycles. The number of hydrogen-bond donors (Lipinski definition) is 2. The molecule has 14 heavy (non-hydrogen) atoms. The van der Waals surface area contributed by atoms with Gasteiger partial charge in [-0.3, -0.25) is 4.99 Å². The Bertz CT molecular complexity index is 301. The van der Waals surface area contributed by atoms with Crippen LogP contribution in [0.2, 0.25) is 0 Å². The average molecular weight is 210 g/mol. The average Bonchev–Trinajstić information content (AvgIpc) is 2.86. The lowest BCUT2D eigenvalue weighted by atomic mass is 10.2. The van der Waals surface area contributed by atoms with Crippen molar-refractivity contribution < 1.29 is 0 Å². The van der Waals surface area contributed by atoms with Gasteiger partial charge in [0.05, 0.1) is 11.6 Å². The predicted molar refractivity (Wildman–Crippen MR) is 58.2 cm³/mol. The number of rotatable bonds is 2. The number of thiazole rings is 1. The van der Waals surface area contributed by atoms with Crippen LogP contribution in [-0.2, 0) is 0 Å². The molecule has 0 radical (unpaired) electrons. The fourth-order valence-corrected chi connectivity index (χ4v) is 2.26. The van der Waals surface area contributed by atoms with E-state index in [1.165, 1.54) is 25.7 Å². The van der Waals surface area contributed by atoms with Gasteiger partial charge in [0.2, 0.25) is 0 Å². The molecular weight excluding hydrogens is 196 g/mol. The summed E-state index contributed by atoms with van der Waals surface area (Å²) in [6.07, 6.45) is 4.91. The first-order valence-electron chi connectivity index (χ1n) is 4.83. The third-order valence-corrected chi connectivity index (χ3v) is 3.03. The fraction of sp³-hybridized carbons (Fsp3) is 0.556. The minimum Gasteiger partial charge on any atom is -0.307 e. The van der Waals surface area contributed by atoms with Crippen LogP contribution in [0.25, 0.3) is 0 Å². The number of nitrogens with zero attached hydrogens (tertiary/aromatic N) is 2. The summed E-state index contributed by atoms with van der Waals surface area (Å²) < 4.78 is 0. The summed E-state index contributed by atoms with van der Waals surface area (Å²) in [6.45, 7) is 0. The monoisotopic (exact) mass is 210 g/mol. The quantitative estimate of drug-likeness (QED) is 0.335. The Labute approximate surface area is 87.2 Å². The van der Waals surface area contributed by atoms with Crippen LogP contribution in [0.15, 0.2) is 15.9 Å². The van der Waals surface area contributed by atoms with Crippen molar-refractivity contribution in [3.8, 4) is 0 Å². The molecule has 1 saturated carbocycles. The maximum Gasteiger partial charge on any atom is 0.162 e. The number of nitrogens with two attached hydrogens (primary N) is 1. The normalized spacial score (nSPS) is 18.8. The van der Waals surface area contributed by atoms with Crippen molar-refractivity contribution in [1.82, 2.24) is 10.4 Å². The minimum absolute atomic E-state index is 0.433. The van der Waals surface area contributed by atoms with Crippen LogP contribution in [-0.4, -0.2) is 16.9 Å². The Morgan fingerprint density at radius 3 is 2.93 bits per heavy atom.